The van der Waals surface area contributed by atoms with Crippen LogP contribution in [0.25, 0.3) is 10.2 Å². The predicted octanol–water partition coefficient (Wildman–Crippen LogP) is 3.41. The topological polar surface area (TPSA) is 16.1 Å². The molecule has 2 aromatic rings. The number of rotatable bonds is 1. The number of aromatic nitrogens is 1. The van der Waals surface area contributed by atoms with Crippen LogP contribution >= 0.6 is 27.3 Å². The lowest BCUT2D eigenvalue weighted by Gasteiger charge is -2.21. The van der Waals surface area contributed by atoms with Crippen LogP contribution in [0, 0.1) is 0 Å². The number of fused-ring (bicyclic) bond motifs is 3. The summed E-state index contributed by atoms with van der Waals surface area (Å²) in [5, 5.41) is 1.37. The molecule has 4 heteroatoms. The predicted molar refractivity (Wildman–Crippen MR) is 74.7 cm³/mol. The lowest BCUT2D eigenvalue weighted by Crippen LogP contribution is -2.23. The van der Waals surface area contributed by atoms with Crippen molar-refractivity contribution in [2.45, 2.75) is 18.3 Å². The van der Waals surface area contributed by atoms with Crippen LogP contribution in [0.2, 0.25) is 0 Å². The maximum atomic E-state index is 4.89. The highest BCUT2D eigenvalue weighted by Gasteiger charge is 2.46. The van der Waals surface area contributed by atoms with Gasteiger partial charge in [0, 0.05) is 16.4 Å². The summed E-state index contributed by atoms with van der Waals surface area (Å²) in [4.78, 5) is 7.46. The highest BCUT2D eigenvalue weighted by Crippen LogP contribution is 2.45. The van der Waals surface area contributed by atoms with Gasteiger partial charge in [-0.2, -0.15) is 0 Å². The van der Waals surface area contributed by atoms with Crippen LogP contribution in [-0.2, 0) is 5.41 Å². The quantitative estimate of drug-likeness (QED) is 0.802. The smallest absolute Gasteiger partial charge is 0.101 e. The highest BCUT2D eigenvalue weighted by molar-refractivity contribution is 9.10. The fraction of sp³-hybridized carbons (Fsp3) is 0.462. The Morgan fingerprint density at radius 2 is 2.12 bits per heavy atom. The second-order valence-corrected chi connectivity index (χ2v) is 7.13. The zero-order valence-electron chi connectivity index (χ0n) is 9.45. The van der Waals surface area contributed by atoms with Crippen LogP contribution in [0.5, 0.6) is 0 Å². The Morgan fingerprint density at radius 3 is 2.82 bits per heavy atom. The average Bonchev–Trinajstić information content (AvgIpc) is 3.01. The van der Waals surface area contributed by atoms with Gasteiger partial charge in [0.15, 0.2) is 0 Å². The van der Waals surface area contributed by atoms with E-state index in [1.54, 1.807) is 0 Å². The van der Waals surface area contributed by atoms with E-state index in [1.807, 2.05) is 11.3 Å². The standard InChI is InChI=1S/C13H13BrN2S/c14-9-1-2-11-10(7-9)15-12(17-11)13-3-5-16(8-13)6-4-13/h1-2,7H,3-6,8H2. The van der Waals surface area contributed by atoms with Gasteiger partial charge < -0.3 is 4.90 Å². The summed E-state index contributed by atoms with van der Waals surface area (Å²) in [5.41, 5.74) is 1.54. The largest absolute Gasteiger partial charge is 0.302 e. The fourth-order valence-corrected chi connectivity index (χ4v) is 4.67. The molecule has 2 aliphatic heterocycles. The molecule has 1 aromatic carbocycles. The fourth-order valence-electron chi connectivity index (χ4n) is 3.13. The van der Waals surface area contributed by atoms with Gasteiger partial charge in [-0.05, 0) is 44.1 Å². The van der Waals surface area contributed by atoms with E-state index in [0.717, 1.165) is 9.99 Å². The van der Waals surface area contributed by atoms with Crippen molar-refractivity contribution in [3.63, 3.8) is 0 Å². The van der Waals surface area contributed by atoms with Gasteiger partial charge in [0.1, 0.15) is 5.01 Å². The summed E-state index contributed by atoms with van der Waals surface area (Å²) < 4.78 is 2.45. The first-order chi connectivity index (χ1) is 8.25. The first-order valence-corrected chi connectivity index (χ1v) is 7.65. The maximum Gasteiger partial charge on any atom is 0.101 e. The Bertz CT molecular complexity index is 584. The van der Waals surface area contributed by atoms with Crippen molar-refractivity contribution in [3.8, 4) is 0 Å². The molecule has 2 fully saturated rings. The first-order valence-electron chi connectivity index (χ1n) is 6.04. The number of thiazole rings is 1. The lowest BCUT2D eigenvalue weighted by atomic mass is 9.85. The number of benzene rings is 1. The minimum Gasteiger partial charge on any atom is -0.302 e. The van der Waals surface area contributed by atoms with Crippen molar-refractivity contribution in [1.29, 1.82) is 0 Å². The second-order valence-electron chi connectivity index (χ2n) is 5.19. The molecule has 0 saturated carbocycles. The summed E-state index contributed by atoms with van der Waals surface area (Å²) in [6, 6.07) is 6.42. The third-order valence-electron chi connectivity index (χ3n) is 4.14. The van der Waals surface area contributed by atoms with Gasteiger partial charge in [0.05, 0.1) is 10.2 Å². The van der Waals surface area contributed by atoms with E-state index in [4.69, 9.17) is 4.98 Å². The summed E-state index contributed by atoms with van der Waals surface area (Å²) >= 11 is 5.42. The van der Waals surface area contributed by atoms with Gasteiger partial charge in [0.25, 0.3) is 0 Å². The van der Waals surface area contributed by atoms with Crippen molar-refractivity contribution in [2.75, 3.05) is 19.6 Å². The summed E-state index contributed by atoms with van der Waals surface area (Å²) in [6.45, 7) is 3.76. The van der Waals surface area contributed by atoms with Crippen LogP contribution in [-0.4, -0.2) is 29.5 Å². The van der Waals surface area contributed by atoms with Gasteiger partial charge in [-0.15, -0.1) is 11.3 Å². The Kier molecular flexibility index (Phi) is 2.17. The molecule has 0 radical (unpaired) electrons. The minimum atomic E-state index is 0.385. The van der Waals surface area contributed by atoms with Crippen LogP contribution in [0.4, 0.5) is 0 Å². The molecular weight excluding hydrogens is 296 g/mol. The molecule has 0 amide bonds. The molecule has 0 atom stereocenters. The van der Waals surface area contributed by atoms with Crippen molar-refractivity contribution in [1.82, 2.24) is 9.88 Å². The Balaban J connectivity index is 1.86. The average molecular weight is 309 g/mol. The number of hydrogen-bond donors (Lipinski definition) is 0. The Morgan fingerprint density at radius 1 is 1.29 bits per heavy atom. The lowest BCUT2D eigenvalue weighted by molar-refractivity contribution is 0.364. The maximum absolute atomic E-state index is 4.89. The minimum absolute atomic E-state index is 0.385. The van der Waals surface area contributed by atoms with Gasteiger partial charge in [0.2, 0.25) is 0 Å². The van der Waals surface area contributed by atoms with E-state index >= 15 is 0 Å². The molecule has 0 spiro atoms. The summed E-state index contributed by atoms with van der Waals surface area (Å²) in [5.74, 6) is 0. The molecule has 0 aliphatic carbocycles. The molecule has 0 N–H and O–H groups in total. The highest BCUT2D eigenvalue weighted by atomic mass is 79.9. The van der Waals surface area contributed by atoms with Crippen LogP contribution in [0.1, 0.15) is 17.8 Å². The number of nitrogens with zero attached hydrogens (tertiary/aromatic N) is 2. The number of halogens is 1. The Labute approximate surface area is 113 Å². The normalized spacial score (nSPS) is 31.5. The van der Waals surface area contributed by atoms with Crippen molar-refractivity contribution in [3.05, 3.63) is 27.7 Å². The molecule has 88 valence electrons. The van der Waals surface area contributed by atoms with Crippen LogP contribution in [0.15, 0.2) is 22.7 Å². The zero-order chi connectivity index (χ0) is 11.5. The third-order valence-corrected chi connectivity index (χ3v) is 5.92. The first kappa shape index (κ1) is 10.5. The van der Waals surface area contributed by atoms with E-state index in [9.17, 15) is 0 Å². The molecule has 2 bridgehead atoms. The van der Waals surface area contributed by atoms with Crippen molar-refractivity contribution in [2.24, 2.45) is 0 Å². The van der Waals surface area contributed by atoms with Gasteiger partial charge in [-0.1, -0.05) is 15.9 Å². The van der Waals surface area contributed by atoms with Gasteiger partial charge in [-0.3, -0.25) is 0 Å². The second kappa shape index (κ2) is 3.53. The SMILES string of the molecule is Brc1ccc2sc(C34CCN(CC3)C4)nc2c1. The molecule has 2 aliphatic rings. The Hall–Kier alpha value is -0.450. The molecule has 2 nitrogen and oxygen atoms in total. The monoisotopic (exact) mass is 308 g/mol. The van der Waals surface area contributed by atoms with Crippen molar-refractivity contribution < 1.29 is 0 Å². The molecular formula is C13H13BrN2S. The molecule has 1 aromatic heterocycles. The van der Waals surface area contributed by atoms with Crippen molar-refractivity contribution >= 4 is 37.5 Å². The van der Waals surface area contributed by atoms with E-state index in [2.05, 4.69) is 39.0 Å². The van der Waals surface area contributed by atoms with E-state index in [-0.39, 0.29) is 0 Å². The molecule has 3 heterocycles. The van der Waals surface area contributed by atoms with E-state index in [1.165, 1.54) is 42.2 Å². The number of hydrogen-bond acceptors (Lipinski definition) is 3. The molecule has 0 unspecified atom stereocenters. The summed E-state index contributed by atoms with van der Waals surface area (Å²) in [7, 11) is 0. The van der Waals surface area contributed by atoms with E-state index < -0.39 is 0 Å². The molecule has 17 heavy (non-hydrogen) atoms. The van der Waals surface area contributed by atoms with Gasteiger partial charge in [-0.25, -0.2) is 4.98 Å². The van der Waals surface area contributed by atoms with Crippen LogP contribution < -0.4 is 0 Å². The number of piperidine rings is 1. The van der Waals surface area contributed by atoms with E-state index in [0.29, 0.717) is 5.41 Å². The van der Waals surface area contributed by atoms with Gasteiger partial charge >= 0.3 is 0 Å². The molecule has 2 saturated heterocycles. The molecule has 4 rings (SSSR count). The zero-order valence-corrected chi connectivity index (χ0v) is 11.9. The van der Waals surface area contributed by atoms with Crippen LogP contribution in [0.3, 0.4) is 0 Å². The summed E-state index contributed by atoms with van der Waals surface area (Å²) in [6.07, 6.45) is 2.60. The third kappa shape index (κ3) is 1.51.